The molecule has 0 radical (unpaired) electrons. The van der Waals surface area contributed by atoms with Gasteiger partial charge in [0.15, 0.2) is 0 Å². The smallest absolute Gasteiger partial charge is 0.115 e. The predicted molar refractivity (Wildman–Crippen MR) is 77.3 cm³/mol. The normalized spacial score (nSPS) is 15.9. The van der Waals surface area contributed by atoms with Crippen LogP contribution in [-0.2, 0) is 5.60 Å². The van der Waals surface area contributed by atoms with Crippen LogP contribution in [-0.4, -0.2) is 35.8 Å². The average molecular weight is 274 g/mol. The van der Waals surface area contributed by atoms with E-state index in [0.29, 0.717) is 6.42 Å². The summed E-state index contributed by atoms with van der Waals surface area (Å²) < 4.78 is 0. The molecule has 0 aliphatic rings. The van der Waals surface area contributed by atoms with E-state index in [9.17, 15) is 10.2 Å². The van der Waals surface area contributed by atoms with Crippen LogP contribution in [0, 0.1) is 5.92 Å². The van der Waals surface area contributed by atoms with E-state index in [2.05, 4.69) is 4.90 Å². The summed E-state index contributed by atoms with van der Waals surface area (Å²) in [5, 5.41) is 20.3. The van der Waals surface area contributed by atoms with E-state index in [-0.39, 0.29) is 24.1 Å². The standard InChI is InChI=1S/C14H23NO2.ClH/c1-5-14(17,11(2)10-15(3)4)12-7-6-8-13(16)9-12;/h6-9,11,16-17H,5,10H2,1-4H3;1H/t11-,14-;/m0./s1. The van der Waals surface area contributed by atoms with Gasteiger partial charge in [-0.25, -0.2) is 0 Å². The molecule has 1 aromatic rings. The van der Waals surface area contributed by atoms with Crippen molar-refractivity contribution in [3.8, 4) is 5.75 Å². The van der Waals surface area contributed by atoms with Gasteiger partial charge in [0.2, 0.25) is 0 Å². The van der Waals surface area contributed by atoms with E-state index in [1.54, 1.807) is 18.2 Å². The van der Waals surface area contributed by atoms with Crippen LogP contribution in [0.3, 0.4) is 0 Å². The molecule has 0 heterocycles. The fourth-order valence-corrected chi connectivity index (χ4v) is 2.31. The summed E-state index contributed by atoms with van der Waals surface area (Å²) in [6.45, 7) is 4.81. The first-order valence-electron chi connectivity index (χ1n) is 6.06. The summed E-state index contributed by atoms with van der Waals surface area (Å²) in [4.78, 5) is 2.06. The Morgan fingerprint density at radius 3 is 2.39 bits per heavy atom. The summed E-state index contributed by atoms with van der Waals surface area (Å²) in [5.41, 5.74) is -0.0995. The number of hydrogen-bond donors (Lipinski definition) is 2. The van der Waals surface area contributed by atoms with Gasteiger partial charge in [-0.15, -0.1) is 12.4 Å². The maximum absolute atomic E-state index is 10.8. The molecular formula is C14H24ClNO2. The van der Waals surface area contributed by atoms with Gasteiger partial charge >= 0.3 is 0 Å². The van der Waals surface area contributed by atoms with E-state index in [0.717, 1.165) is 12.1 Å². The molecule has 0 unspecified atom stereocenters. The second-order valence-electron chi connectivity index (χ2n) is 4.99. The van der Waals surface area contributed by atoms with Crippen LogP contribution in [0.25, 0.3) is 0 Å². The maximum atomic E-state index is 10.8. The van der Waals surface area contributed by atoms with Gasteiger partial charge < -0.3 is 15.1 Å². The summed E-state index contributed by atoms with van der Waals surface area (Å²) in [5.74, 6) is 0.302. The van der Waals surface area contributed by atoms with Crippen LogP contribution in [0.4, 0.5) is 0 Å². The SMILES string of the molecule is CC[C@@](O)(c1cccc(O)c1)[C@@H](C)CN(C)C.Cl. The lowest BCUT2D eigenvalue weighted by molar-refractivity contribution is -0.0293. The number of benzene rings is 1. The number of aliphatic hydroxyl groups is 1. The van der Waals surface area contributed by atoms with E-state index >= 15 is 0 Å². The molecule has 0 bridgehead atoms. The third kappa shape index (κ3) is 3.87. The van der Waals surface area contributed by atoms with Crippen LogP contribution < -0.4 is 0 Å². The third-order valence-electron chi connectivity index (χ3n) is 3.34. The van der Waals surface area contributed by atoms with Crippen molar-refractivity contribution in [2.45, 2.75) is 25.9 Å². The predicted octanol–water partition coefficient (Wildman–Crippen LogP) is 2.61. The highest BCUT2D eigenvalue weighted by Gasteiger charge is 2.34. The number of nitrogens with zero attached hydrogens (tertiary/aromatic N) is 1. The van der Waals surface area contributed by atoms with Gasteiger partial charge in [0.05, 0.1) is 5.60 Å². The minimum atomic E-state index is -0.886. The van der Waals surface area contributed by atoms with Crippen LogP contribution in [0.5, 0.6) is 5.75 Å². The zero-order chi connectivity index (χ0) is 13.1. The lowest BCUT2D eigenvalue weighted by Gasteiger charge is -2.35. The van der Waals surface area contributed by atoms with Crippen molar-refractivity contribution in [3.63, 3.8) is 0 Å². The number of phenolic OH excluding ortho intramolecular Hbond substituents is 1. The molecule has 0 amide bonds. The van der Waals surface area contributed by atoms with Gasteiger partial charge in [-0.2, -0.15) is 0 Å². The largest absolute Gasteiger partial charge is 0.508 e. The molecule has 104 valence electrons. The highest BCUT2D eigenvalue weighted by Crippen LogP contribution is 2.34. The molecule has 0 aromatic heterocycles. The Bertz CT molecular complexity index is 371. The minimum absolute atomic E-state index is 0. The molecule has 1 aromatic carbocycles. The molecule has 4 heteroatoms. The van der Waals surface area contributed by atoms with Crippen LogP contribution in [0.1, 0.15) is 25.8 Å². The third-order valence-corrected chi connectivity index (χ3v) is 3.34. The molecule has 18 heavy (non-hydrogen) atoms. The average Bonchev–Trinajstić information content (AvgIpc) is 2.27. The maximum Gasteiger partial charge on any atom is 0.115 e. The summed E-state index contributed by atoms with van der Waals surface area (Å²) in [6, 6.07) is 6.91. The summed E-state index contributed by atoms with van der Waals surface area (Å²) >= 11 is 0. The van der Waals surface area contributed by atoms with Crippen molar-refractivity contribution in [2.24, 2.45) is 5.92 Å². The Morgan fingerprint density at radius 2 is 1.94 bits per heavy atom. The molecule has 0 aliphatic carbocycles. The Morgan fingerprint density at radius 1 is 1.33 bits per heavy atom. The van der Waals surface area contributed by atoms with Gasteiger partial charge in [0.25, 0.3) is 0 Å². The molecule has 0 aliphatic heterocycles. The molecule has 0 spiro atoms. The molecule has 3 nitrogen and oxygen atoms in total. The number of aromatic hydroxyl groups is 1. The summed E-state index contributed by atoms with van der Waals surface area (Å²) in [6.07, 6.45) is 0.630. The second kappa shape index (κ2) is 6.98. The Balaban J connectivity index is 0.00000289. The zero-order valence-corrected chi connectivity index (χ0v) is 12.4. The quantitative estimate of drug-likeness (QED) is 0.867. The van der Waals surface area contributed by atoms with Gasteiger partial charge in [-0.3, -0.25) is 0 Å². The Hall–Kier alpha value is -0.770. The van der Waals surface area contributed by atoms with Gasteiger partial charge in [0.1, 0.15) is 5.75 Å². The number of hydrogen-bond acceptors (Lipinski definition) is 3. The van der Waals surface area contributed by atoms with Crippen molar-refractivity contribution in [1.82, 2.24) is 4.90 Å². The lowest BCUT2D eigenvalue weighted by atomic mass is 9.80. The van der Waals surface area contributed by atoms with E-state index in [1.807, 2.05) is 34.0 Å². The molecule has 2 atom stereocenters. The van der Waals surface area contributed by atoms with Crippen LogP contribution >= 0.6 is 12.4 Å². The topological polar surface area (TPSA) is 43.7 Å². The van der Waals surface area contributed by atoms with Crippen LogP contribution in [0.15, 0.2) is 24.3 Å². The van der Waals surface area contributed by atoms with Gasteiger partial charge in [-0.05, 0) is 38.2 Å². The van der Waals surface area contributed by atoms with Crippen LogP contribution in [0.2, 0.25) is 0 Å². The minimum Gasteiger partial charge on any atom is -0.508 e. The number of phenols is 1. The molecular weight excluding hydrogens is 250 g/mol. The molecule has 0 fully saturated rings. The van der Waals surface area contributed by atoms with Gasteiger partial charge in [0, 0.05) is 12.5 Å². The highest BCUT2D eigenvalue weighted by atomic mass is 35.5. The van der Waals surface area contributed by atoms with Crippen molar-refractivity contribution < 1.29 is 10.2 Å². The van der Waals surface area contributed by atoms with E-state index < -0.39 is 5.60 Å². The van der Waals surface area contributed by atoms with Crippen molar-refractivity contribution in [1.29, 1.82) is 0 Å². The zero-order valence-electron chi connectivity index (χ0n) is 11.6. The molecule has 2 N–H and O–H groups in total. The first kappa shape index (κ1) is 17.2. The lowest BCUT2D eigenvalue weighted by Crippen LogP contribution is -2.38. The Labute approximate surface area is 116 Å². The Kier molecular flexibility index (Phi) is 6.68. The van der Waals surface area contributed by atoms with Crippen molar-refractivity contribution in [3.05, 3.63) is 29.8 Å². The number of halogens is 1. The van der Waals surface area contributed by atoms with E-state index in [1.165, 1.54) is 0 Å². The van der Waals surface area contributed by atoms with Crippen molar-refractivity contribution >= 4 is 12.4 Å². The highest BCUT2D eigenvalue weighted by molar-refractivity contribution is 5.85. The molecule has 0 saturated heterocycles. The molecule has 1 rings (SSSR count). The number of rotatable bonds is 5. The monoisotopic (exact) mass is 273 g/mol. The molecule has 0 saturated carbocycles. The van der Waals surface area contributed by atoms with Gasteiger partial charge in [-0.1, -0.05) is 26.0 Å². The first-order chi connectivity index (χ1) is 7.90. The van der Waals surface area contributed by atoms with E-state index in [4.69, 9.17) is 0 Å². The summed E-state index contributed by atoms with van der Waals surface area (Å²) in [7, 11) is 3.99. The van der Waals surface area contributed by atoms with Crippen molar-refractivity contribution in [2.75, 3.05) is 20.6 Å². The fourth-order valence-electron chi connectivity index (χ4n) is 2.31. The first-order valence-corrected chi connectivity index (χ1v) is 6.06. The second-order valence-corrected chi connectivity index (χ2v) is 4.99. The fraction of sp³-hybridized carbons (Fsp3) is 0.571.